The summed E-state index contributed by atoms with van der Waals surface area (Å²) in [6.45, 7) is 3.10. The minimum Gasteiger partial charge on any atom is -0.493 e. The Kier molecular flexibility index (Phi) is 4.92. The average Bonchev–Trinajstić information content (AvgIpc) is 2.40. The molecule has 0 aromatic heterocycles. The van der Waals surface area contributed by atoms with Crippen molar-refractivity contribution in [3.05, 3.63) is 29.8 Å². The lowest BCUT2D eigenvalue weighted by molar-refractivity contribution is 0.232. The summed E-state index contributed by atoms with van der Waals surface area (Å²) in [4.78, 5) is 0. The number of aliphatic hydroxyl groups is 1. The van der Waals surface area contributed by atoms with Gasteiger partial charge in [0.2, 0.25) is 0 Å². The van der Waals surface area contributed by atoms with Gasteiger partial charge in [-0.25, -0.2) is 0 Å². The average molecular weight is 267 g/mol. The normalized spacial score (nSPS) is 21.8. The molecule has 1 aromatic carbocycles. The lowest BCUT2D eigenvalue weighted by atomic mass is 9.99. The van der Waals surface area contributed by atoms with Crippen LogP contribution in [0.1, 0.15) is 24.9 Å². The SMILES string of the molecule is CSC(CO)C(C)NC1CCOc2ccccc21. The summed E-state index contributed by atoms with van der Waals surface area (Å²) < 4.78 is 5.65. The zero-order valence-electron chi connectivity index (χ0n) is 10.9. The van der Waals surface area contributed by atoms with E-state index >= 15 is 0 Å². The predicted octanol–water partition coefficient (Wildman–Crippen LogP) is 2.21. The van der Waals surface area contributed by atoms with E-state index in [1.54, 1.807) is 11.8 Å². The molecule has 0 fully saturated rings. The maximum atomic E-state index is 9.34. The van der Waals surface area contributed by atoms with E-state index in [-0.39, 0.29) is 17.9 Å². The first-order valence-electron chi connectivity index (χ1n) is 6.37. The molecule has 0 bridgehead atoms. The number of hydrogen-bond donors (Lipinski definition) is 2. The summed E-state index contributed by atoms with van der Waals surface area (Å²) in [5.41, 5.74) is 1.23. The van der Waals surface area contributed by atoms with Gasteiger partial charge in [-0.1, -0.05) is 18.2 Å². The lowest BCUT2D eigenvalue weighted by Gasteiger charge is -2.31. The predicted molar refractivity (Wildman–Crippen MR) is 76.3 cm³/mol. The molecule has 0 saturated heterocycles. The Labute approximate surface area is 113 Å². The summed E-state index contributed by atoms with van der Waals surface area (Å²) in [6.07, 6.45) is 3.02. The fourth-order valence-electron chi connectivity index (χ4n) is 2.38. The second-order valence-electron chi connectivity index (χ2n) is 4.64. The Hall–Kier alpha value is -0.710. The van der Waals surface area contributed by atoms with Crippen LogP contribution in [-0.4, -0.2) is 35.9 Å². The molecule has 0 radical (unpaired) electrons. The van der Waals surface area contributed by atoms with Gasteiger partial charge in [0.25, 0.3) is 0 Å². The Balaban J connectivity index is 2.07. The quantitative estimate of drug-likeness (QED) is 0.858. The van der Waals surface area contributed by atoms with Crippen LogP contribution in [0.25, 0.3) is 0 Å². The highest BCUT2D eigenvalue weighted by Gasteiger charge is 2.24. The minimum absolute atomic E-state index is 0.209. The molecule has 1 aromatic rings. The van der Waals surface area contributed by atoms with E-state index in [1.807, 2.05) is 24.5 Å². The Morgan fingerprint density at radius 1 is 1.50 bits per heavy atom. The van der Waals surface area contributed by atoms with E-state index in [0.717, 1.165) is 18.8 Å². The third-order valence-corrected chi connectivity index (χ3v) is 4.63. The van der Waals surface area contributed by atoms with Crippen LogP contribution in [0.5, 0.6) is 5.75 Å². The number of rotatable bonds is 5. The molecule has 3 unspecified atom stereocenters. The molecule has 0 spiro atoms. The van der Waals surface area contributed by atoms with Crippen LogP contribution in [0, 0.1) is 0 Å². The number of nitrogens with one attached hydrogen (secondary N) is 1. The molecule has 0 saturated carbocycles. The largest absolute Gasteiger partial charge is 0.493 e. The molecule has 1 heterocycles. The highest BCUT2D eigenvalue weighted by Crippen LogP contribution is 2.32. The van der Waals surface area contributed by atoms with Gasteiger partial charge in [-0.15, -0.1) is 0 Å². The number of aliphatic hydroxyl groups excluding tert-OH is 1. The fourth-order valence-corrected chi connectivity index (χ4v) is 3.01. The first-order valence-corrected chi connectivity index (χ1v) is 7.66. The van der Waals surface area contributed by atoms with Crippen LogP contribution in [0.3, 0.4) is 0 Å². The van der Waals surface area contributed by atoms with E-state index in [1.165, 1.54) is 5.56 Å². The maximum absolute atomic E-state index is 9.34. The molecule has 3 nitrogen and oxygen atoms in total. The molecule has 18 heavy (non-hydrogen) atoms. The standard InChI is InChI=1S/C14H21NO2S/c1-10(14(9-16)18-2)15-12-7-8-17-13-6-4-3-5-11(12)13/h3-6,10,12,14-16H,7-9H2,1-2H3. The first-order chi connectivity index (χ1) is 8.76. The van der Waals surface area contributed by atoms with Crippen LogP contribution >= 0.6 is 11.8 Å². The minimum atomic E-state index is 0.209. The number of fused-ring (bicyclic) bond motifs is 1. The van der Waals surface area contributed by atoms with Crippen molar-refractivity contribution in [2.75, 3.05) is 19.5 Å². The molecule has 2 rings (SSSR count). The van der Waals surface area contributed by atoms with E-state index in [9.17, 15) is 5.11 Å². The second kappa shape index (κ2) is 6.45. The van der Waals surface area contributed by atoms with Crippen LogP contribution in [-0.2, 0) is 0 Å². The van der Waals surface area contributed by atoms with Gasteiger partial charge in [-0.05, 0) is 19.2 Å². The van der Waals surface area contributed by atoms with E-state index < -0.39 is 0 Å². The molecule has 4 heteroatoms. The Bertz CT molecular complexity index is 382. The van der Waals surface area contributed by atoms with E-state index in [0.29, 0.717) is 6.04 Å². The lowest BCUT2D eigenvalue weighted by Crippen LogP contribution is -2.41. The van der Waals surface area contributed by atoms with Gasteiger partial charge in [0.1, 0.15) is 5.75 Å². The van der Waals surface area contributed by atoms with Gasteiger partial charge in [0, 0.05) is 29.3 Å². The monoisotopic (exact) mass is 267 g/mol. The fraction of sp³-hybridized carbons (Fsp3) is 0.571. The van der Waals surface area contributed by atoms with Crippen molar-refractivity contribution in [3.8, 4) is 5.75 Å². The van der Waals surface area contributed by atoms with Crippen LogP contribution in [0.2, 0.25) is 0 Å². The number of thioether (sulfide) groups is 1. The van der Waals surface area contributed by atoms with Gasteiger partial charge in [0.05, 0.1) is 13.2 Å². The smallest absolute Gasteiger partial charge is 0.124 e. The zero-order chi connectivity index (χ0) is 13.0. The molecule has 1 aliphatic heterocycles. The van der Waals surface area contributed by atoms with Gasteiger partial charge in [-0.3, -0.25) is 0 Å². The number of para-hydroxylation sites is 1. The molecule has 100 valence electrons. The highest BCUT2D eigenvalue weighted by molar-refractivity contribution is 7.99. The molecule has 0 amide bonds. The van der Waals surface area contributed by atoms with Gasteiger partial charge in [-0.2, -0.15) is 11.8 Å². The van der Waals surface area contributed by atoms with E-state index in [4.69, 9.17) is 4.74 Å². The Morgan fingerprint density at radius 3 is 3.00 bits per heavy atom. The third-order valence-electron chi connectivity index (χ3n) is 3.46. The summed E-state index contributed by atoms with van der Waals surface area (Å²) in [5, 5.41) is 13.2. The topological polar surface area (TPSA) is 41.5 Å². The van der Waals surface area contributed by atoms with Crippen molar-refractivity contribution in [2.45, 2.75) is 30.7 Å². The van der Waals surface area contributed by atoms with Crippen LogP contribution in [0.4, 0.5) is 0 Å². The van der Waals surface area contributed by atoms with Crippen LogP contribution < -0.4 is 10.1 Å². The third kappa shape index (κ3) is 2.99. The zero-order valence-corrected chi connectivity index (χ0v) is 11.7. The molecule has 2 N–H and O–H groups in total. The highest BCUT2D eigenvalue weighted by atomic mass is 32.2. The number of benzene rings is 1. The molecular formula is C14H21NO2S. The van der Waals surface area contributed by atoms with Crippen molar-refractivity contribution in [1.29, 1.82) is 0 Å². The van der Waals surface area contributed by atoms with Crippen molar-refractivity contribution in [3.63, 3.8) is 0 Å². The summed E-state index contributed by atoms with van der Waals surface area (Å²) in [5.74, 6) is 0.984. The van der Waals surface area contributed by atoms with E-state index in [2.05, 4.69) is 18.3 Å². The maximum Gasteiger partial charge on any atom is 0.124 e. The molecule has 3 atom stereocenters. The number of hydrogen-bond acceptors (Lipinski definition) is 4. The first kappa shape index (κ1) is 13.7. The van der Waals surface area contributed by atoms with Crippen molar-refractivity contribution in [2.24, 2.45) is 0 Å². The molecular weight excluding hydrogens is 246 g/mol. The van der Waals surface area contributed by atoms with Gasteiger partial charge in [0.15, 0.2) is 0 Å². The Morgan fingerprint density at radius 2 is 2.28 bits per heavy atom. The van der Waals surface area contributed by atoms with Crippen LogP contribution in [0.15, 0.2) is 24.3 Å². The van der Waals surface area contributed by atoms with Gasteiger partial charge < -0.3 is 15.2 Å². The molecule has 0 aliphatic carbocycles. The summed E-state index contributed by atoms with van der Waals surface area (Å²) in [7, 11) is 0. The van der Waals surface area contributed by atoms with Crippen molar-refractivity contribution < 1.29 is 9.84 Å². The van der Waals surface area contributed by atoms with Crippen molar-refractivity contribution >= 4 is 11.8 Å². The summed E-state index contributed by atoms with van der Waals surface area (Å²) in [6, 6.07) is 8.79. The second-order valence-corrected chi connectivity index (χ2v) is 5.72. The number of ether oxygens (including phenoxy) is 1. The molecule has 1 aliphatic rings. The van der Waals surface area contributed by atoms with Crippen molar-refractivity contribution in [1.82, 2.24) is 5.32 Å². The summed E-state index contributed by atoms with van der Waals surface area (Å²) >= 11 is 1.70. The van der Waals surface area contributed by atoms with Gasteiger partial charge >= 0.3 is 0 Å².